The van der Waals surface area contributed by atoms with E-state index in [2.05, 4.69) is 22.4 Å². The van der Waals surface area contributed by atoms with Gasteiger partial charge in [0.1, 0.15) is 0 Å². The third-order valence-electron chi connectivity index (χ3n) is 7.16. The molecular weight excluding hydrogens is 398 g/mol. The maximum absolute atomic E-state index is 12.7. The van der Waals surface area contributed by atoms with Gasteiger partial charge < -0.3 is 15.2 Å². The average molecular weight is 428 g/mol. The Bertz CT molecular complexity index is 1140. The largest absolute Gasteiger partial charge is 0.361 e. The monoisotopic (exact) mass is 427 g/mol. The van der Waals surface area contributed by atoms with Crippen molar-refractivity contribution in [2.24, 2.45) is 11.3 Å². The van der Waals surface area contributed by atoms with Crippen LogP contribution in [0.25, 0.3) is 17.0 Å². The van der Waals surface area contributed by atoms with Gasteiger partial charge in [-0.3, -0.25) is 9.59 Å². The predicted molar refractivity (Wildman–Crippen MR) is 127 cm³/mol. The van der Waals surface area contributed by atoms with Gasteiger partial charge in [0.2, 0.25) is 11.8 Å². The number of likely N-dealkylation sites (tertiary alicyclic amines) is 1. The first-order valence-corrected chi connectivity index (χ1v) is 11.5. The van der Waals surface area contributed by atoms with E-state index in [0.29, 0.717) is 6.54 Å². The number of H-pyrrole nitrogens is 1. The molecule has 1 aliphatic carbocycles. The van der Waals surface area contributed by atoms with Crippen molar-refractivity contribution in [2.75, 3.05) is 19.6 Å². The molecule has 1 unspecified atom stereocenters. The number of aromatic nitrogens is 1. The highest BCUT2D eigenvalue weighted by Gasteiger charge is 2.58. The summed E-state index contributed by atoms with van der Waals surface area (Å²) in [5.74, 6) is 0.334. The average Bonchev–Trinajstić information content (AvgIpc) is 3.38. The zero-order chi connectivity index (χ0) is 22.0. The number of nitrogens with zero attached hydrogens (tertiary/aromatic N) is 1. The molecule has 3 aromatic rings. The standard InChI is InChI=1S/C27H29N3O2/c31-25(11-10-20-6-2-1-3-7-20)30-16-13-27(14-17-30)18-23(27)26(32)28-15-12-21-19-29-24-9-5-4-8-22(21)24/h1-11,19,23,29H,12-18H2,(H,28,32)/b11-10+. The van der Waals surface area contributed by atoms with Gasteiger partial charge in [0.25, 0.3) is 0 Å². The van der Waals surface area contributed by atoms with Crippen LogP contribution in [0.5, 0.6) is 0 Å². The summed E-state index contributed by atoms with van der Waals surface area (Å²) in [6.07, 6.45) is 9.17. The molecule has 2 aromatic carbocycles. The summed E-state index contributed by atoms with van der Waals surface area (Å²) in [4.78, 5) is 30.5. The van der Waals surface area contributed by atoms with E-state index in [1.165, 1.54) is 10.9 Å². The number of rotatable bonds is 6. The maximum atomic E-state index is 12.7. The van der Waals surface area contributed by atoms with E-state index >= 15 is 0 Å². The van der Waals surface area contributed by atoms with Crippen molar-refractivity contribution in [2.45, 2.75) is 25.7 Å². The van der Waals surface area contributed by atoms with E-state index in [4.69, 9.17) is 0 Å². The molecule has 2 aliphatic rings. The molecule has 32 heavy (non-hydrogen) atoms. The Morgan fingerprint density at radius 3 is 2.62 bits per heavy atom. The Kier molecular flexibility index (Phi) is 5.56. The van der Waals surface area contributed by atoms with E-state index in [9.17, 15) is 9.59 Å². The normalized spacial score (nSPS) is 19.5. The van der Waals surface area contributed by atoms with Gasteiger partial charge in [-0.25, -0.2) is 0 Å². The van der Waals surface area contributed by atoms with Crippen molar-refractivity contribution in [3.8, 4) is 0 Å². The number of carbonyl (C=O) groups excluding carboxylic acids is 2. The Balaban J connectivity index is 1.08. The number of amides is 2. The van der Waals surface area contributed by atoms with Crippen LogP contribution in [0.15, 0.2) is 66.9 Å². The molecule has 1 aromatic heterocycles. The maximum Gasteiger partial charge on any atom is 0.246 e. The molecule has 1 saturated heterocycles. The molecule has 5 heteroatoms. The fraction of sp³-hybridized carbons (Fsp3) is 0.333. The zero-order valence-corrected chi connectivity index (χ0v) is 18.2. The van der Waals surface area contributed by atoms with Crippen molar-refractivity contribution in [3.05, 3.63) is 78.0 Å². The van der Waals surface area contributed by atoms with E-state index in [1.807, 2.05) is 59.6 Å². The summed E-state index contributed by atoms with van der Waals surface area (Å²) < 4.78 is 0. The van der Waals surface area contributed by atoms with E-state index < -0.39 is 0 Å². The summed E-state index contributed by atoms with van der Waals surface area (Å²) in [7, 11) is 0. The van der Waals surface area contributed by atoms with Crippen LogP contribution >= 0.6 is 0 Å². The molecule has 0 radical (unpaired) electrons. The lowest BCUT2D eigenvalue weighted by Crippen LogP contribution is -2.40. The second kappa shape index (κ2) is 8.65. The highest BCUT2D eigenvalue weighted by molar-refractivity contribution is 5.92. The van der Waals surface area contributed by atoms with Gasteiger partial charge >= 0.3 is 0 Å². The first kappa shape index (κ1) is 20.6. The Hall–Kier alpha value is -3.34. The third-order valence-corrected chi connectivity index (χ3v) is 7.16. The zero-order valence-electron chi connectivity index (χ0n) is 18.2. The van der Waals surface area contributed by atoms with Crippen LogP contribution in [0.2, 0.25) is 0 Å². The van der Waals surface area contributed by atoms with Crippen molar-refractivity contribution in [3.63, 3.8) is 0 Å². The molecule has 1 spiro atoms. The second-order valence-electron chi connectivity index (χ2n) is 9.09. The molecule has 164 valence electrons. The number of para-hydroxylation sites is 1. The van der Waals surface area contributed by atoms with Gasteiger partial charge in [0.05, 0.1) is 0 Å². The Morgan fingerprint density at radius 1 is 1.06 bits per heavy atom. The highest BCUT2D eigenvalue weighted by atomic mass is 16.2. The summed E-state index contributed by atoms with van der Waals surface area (Å²) in [5, 5.41) is 4.37. The smallest absolute Gasteiger partial charge is 0.246 e. The molecule has 2 heterocycles. The number of nitrogens with one attached hydrogen (secondary N) is 2. The lowest BCUT2D eigenvalue weighted by molar-refractivity contribution is -0.127. The molecule has 2 fully saturated rings. The van der Waals surface area contributed by atoms with Gasteiger partial charge in [-0.05, 0) is 54.4 Å². The van der Waals surface area contributed by atoms with Gasteiger partial charge in [0.15, 0.2) is 0 Å². The highest BCUT2D eigenvalue weighted by Crippen LogP contribution is 2.59. The van der Waals surface area contributed by atoms with Crippen LogP contribution < -0.4 is 5.32 Å². The lowest BCUT2D eigenvalue weighted by atomic mass is 9.90. The predicted octanol–water partition coefficient (Wildman–Crippen LogP) is 4.17. The van der Waals surface area contributed by atoms with Crippen molar-refractivity contribution in [1.29, 1.82) is 0 Å². The fourth-order valence-electron chi connectivity index (χ4n) is 5.06. The molecule has 1 aliphatic heterocycles. The molecule has 1 atom stereocenters. The fourth-order valence-corrected chi connectivity index (χ4v) is 5.06. The summed E-state index contributed by atoms with van der Waals surface area (Å²) in [6, 6.07) is 18.1. The Labute approximate surface area is 188 Å². The van der Waals surface area contributed by atoms with Gasteiger partial charge in [-0.2, -0.15) is 0 Å². The number of carbonyl (C=O) groups is 2. The van der Waals surface area contributed by atoms with Crippen LogP contribution in [-0.4, -0.2) is 41.3 Å². The van der Waals surface area contributed by atoms with Gasteiger partial charge in [0, 0.05) is 48.7 Å². The van der Waals surface area contributed by atoms with Crippen LogP contribution in [0.4, 0.5) is 0 Å². The summed E-state index contributed by atoms with van der Waals surface area (Å²) in [6.45, 7) is 2.12. The van der Waals surface area contributed by atoms with E-state index in [1.54, 1.807) is 6.08 Å². The van der Waals surface area contributed by atoms with Crippen LogP contribution in [-0.2, 0) is 16.0 Å². The minimum atomic E-state index is 0.0593. The molecule has 5 nitrogen and oxygen atoms in total. The Morgan fingerprint density at radius 2 is 1.81 bits per heavy atom. The van der Waals surface area contributed by atoms with Crippen molar-refractivity contribution >= 4 is 28.8 Å². The molecule has 1 saturated carbocycles. The van der Waals surface area contributed by atoms with E-state index in [-0.39, 0.29) is 23.1 Å². The molecule has 5 rings (SSSR count). The van der Waals surface area contributed by atoms with Crippen molar-refractivity contribution in [1.82, 2.24) is 15.2 Å². The SMILES string of the molecule is O=C(NCCc1c[nH]c2ccccc12)C1CC12CCN(C(=O)/C=C/c1ccccc1)CC2. The number of fused-ring (bicyclic) bond motifs is 1. The lowest BCUT2D eigenvalue weighted by Gasteiger charge is -2.32. The first-order chi connectivity index (χ1) is 15.6. The summed E-state index contributed by atoms with van der Waals surface area (Å²) >= 11 is 0. The minimum Gasteiger partial charge on any atom is -0.361 e. The topological polar surface area (TPSA) is 65.2 Å². The first-order valence-electron chi connectivity index (χ1n) is 11.5. The minimum absolute atomic E-state index is 0.0593. The van der Waals surface area contributed by atoms with Crippen LogP contribution in [0, 0.1) is 11.3 Å². The quantitative estimate of drug-likeness (QED) is 0.580. The molecule has 0 bridgehead atoms. The molecule has 2 N–H and O–H groups in total. The van der Waals surface area contributed by atoms with Crippen molar-refractivity contribution < 1.29 is 9.59 Å². The number of benzene rings is 2. The summed E-state index contributed by atoms with van der Waals surface area (Å²) in [5.41, 5.74) is 3.50. The number of piperidine rings is 1. The number of hydrogen-bond donors (Lipinski definition) is 2. The molecule has 2 amide bonds. The van der Waals surface area contributed by atoms with Gasteiger partial charge in [-0.1, -0.05) is 48.5 Å². The number of aromatic amines is 1. The number of hydrogen-bond acceptors (Lipinski definition) is 2. The third kappa shape index (κ3) is 4.20. The van der Waals surface area contributed by atoms with Crippen LogP contribution in [0.3, 0.4) is 0 Å². The van der Waals surface area contributed by atoms with Crippen LogP contribution in [0.1, 0.15) is 30.4 Å². The van der Waals surface area contributed by atoms with E-state index in [0.717, 1.165) is 49.9 Å². The van der Waals surface area contributed by atoms with Gasteiger partial charge in [-0.15, -0.1) is 0 Å². The second-order valence-corrected chi connectivity index (χ2v) is 9.09. The molecular formula is C27H29N3O2.